The number of carbonyl (C=O) groups is 2. The molecule has 5 nitrogen and oxygen atoms in total. The number of hydrogen-bond donors (Lipinski definition) is 1. The number of rotatable bonds is 7. The molecule has 18 heavy (non-hydrogen) atoms. The fourth-order valence-corrected chi connectivity index (χ4v) is 1.89. The van der Waals surface area contributed by atoms with Crippen molar-refractivity contribution in [1.82, 2.24) is 9.47 Å². The summed E-state index contributed by atoms with van der Waals surface area (Å²) in [6, 6.07) is 3.14. The first-order valence-electron chi connectivity index (χ1n) is 6.26. The summed E-state index contributed by atoms with van der Waals surface area (Å²) in [6.45, 7) is 5.57. The smallest absolute Gasteiger partial charge is 0.352 e. The molecule has 1 N–H and O–H groups in total. The first kappa shape index (κ1) is 14.3. The van der Waals surface area contributed by atoms with Crippen LogP contribution in [0.5, 0.6) is 0 Å². The number of aromatic carboxylic acids is 1. The van der Waals surface area contributed by atoms with Crippen molar-refractivity contribution in [2.75, 3.05) is 13.1 Å². The Hall–Kier alpha value is -1.78. The lowest BCUT2D eigenvalue weighted by molar-refractivity contribution is -0.131. The maximum absolute atomic E-state index is 12.1. The molecule has 0 radical (unpaired) electrons. The highest BCUT2D eigenvalue weighted by molar-refractivity contribution is 5.86. The van der Waals surface area contributed by atoms with E-state index in [4.69, 9.17) is 5.11 Å². The van der Waals surface area contributed by atoms with E-state index in [2.05, 4.69) is 0 Å². The van der Waals surface area contributed by atoms with Gasteiger partial charge in [-0.05, 0) is 25.0 Å². The second-order valence-corrected chi connectivity index (χ2v) is 4.21. The van der Waals surface area contributed by atoms with Crippen LogP contribution in [0.1, 0.15) is 37.2 Å². The third-order valence-corrected chi connectivity index (χ3v) is 2.69. The molecule has 0 atom stereocenters. The van der Waals surface area contributed by atoms with Gasteiger partial charge in [-0.2, -0.15) is 0 Å². The van der Waals surface area contributed by atoms with Crippen LogP contribution in [0.25, 0.3) is 0 Å². The fraction of sp³-hybridized carbons (Fsp3) is 0.538. The van der Waals surface area contributed by atoms with Gasteiger partial charge >= 0.3 is 5.97 Å². The van der Waals surface area contributed by atoms with E-state index in [0.717, 1.165) is 25.9 Å². The number of nitrogens with zero attached hydrogens (tertiary/aromatic N) is 2. The molecule has 100 valence electrons. The van der Waals surface area contributed by atoms with Crippen LogP contribution in [-0.4, -0.2) is 39.5 Å². The third-order valence-electron chi connectivity index (χ3n) is 2.69. The molecular formula is C13H20N2O3. The Bertz CT molecular complexity index is 406. The summed E-state index contributed by atoms with van der Waals surface area (Å²) in [6.07, 6.45) is 3.43. The molecule has 1 heterocycles. The Morgan fingerprint density at radius 1 is 1.28 bits per heavy atom. The van der Waals surface area contributed by atoms with Gasteiger partial charge in [0.2, 0.25) is 5.91 Å². The van der Waals surface area contributed by atoms with Crippen LogP contribution >= 0.6 is 0 Å². The molecule has 0 saturated carbocycles. The highest BCUT2D eigenvalue weighted by atomic mass is 16.4. The van der Waals surface area contributed by atoms with Crippen LogP contribution in [-0.2, 0) is 11.3 Å². The van der Waals surface area contributed by atoms with E-state index in [-0.39, 0.29) is 18.1 Å². The average molecular weight is 252 g/mol. The predicted octanol–water partition coefficient (Wildman–Crippen LogP) is 1.83. The molecule has 0 aromatic carbocycles. The zero-order valence-electron chi connectivity index (χ0n) is 10.9. The second kappa shape index (κ2) is 6.83. The highest BCUT2D eigenvalue weighted by Gasteiger charge is 2.15. The van der Waals surface area contributed by atoms with Crippen molar-refractivity contribution in [3.8, 4) is 0 Å². The highest BCUT2D eigenvalue weighted by Crippen LogP contribution is 2.05. The number of carbonyl (C=O) groups excluding carboxylic acids is 1. The lowest BCUT2D eigenvalue weighted by atomic mass is 10.3. The molecule has 0 spiro atoms. The zero-order chi connectivity index (χ0) is 13.5. The molecule has 0 fully saturated rings. The van der Waals surface area contributed by atoms with Crippen LogP contribution < -0.4 is 0 Å². The number of aromatic nitrogens is 1. The van der Waals surface area contributed by atoms with E-state index >= 15 is 0 Å². The predicted molar refractivity (Wildman–Crippen MR) is 68.6 cm³/mol. The Labute approximate surface area is 107 Å². The molecular weight excluding hydrogens is 232 g/mol. The van der Waals surface area contributed by atoms with Crippen molar-refractivity contribution in [3.63, 3.8) is 0 Å². The maximum atomic E-state index is 12.1. The lowest BCUT2D eigenvalue weighted by Crippen LogP contribution is -2.35. The Morgan fingerprint density at radius 3 is 2.39 bits per heavy atom. The molecule has 1 aromatic rings. The second-order valence-electron chi connectivity index (χ2n) is 4.21. The third kappa shape index (κ3) is 3.61. The van der Waals surface area contributed by atoms with E-state index in [1.165, 1.54) is 10.6 Å². The summed E-state index contributed by atoms with van der Waals surface area (Å²) < 4.78 is 1.48. The first-order valence-corrected chi connectivity index (χ1v) is 6.26. The molecule has 0 saturated heterocycles. The molecule has 0 aliphatic rings. The van der Waals surface area contributed by atoms with Crippen LogP contribution in [0.3, 0.4) is 0 Å². The van der Waals surface area contributed by atoms with Gasteiger partial charge in [0.05, 0.1) is 0 Å². The van der Waals surface area contributed by atoms with Crippen LogP contribution in [0.4, 0.5) is 0 Å². The normalized spacial score (nSPS) is 10.3. The summed E-state index contributed by atoms with van der Waals surface area (Å²) in [4.78, 5) is 24.8. The van der Waals surface area contributed by atoms with Gasteiger partial charge in [0.1, 0.15) is 12.2 Å². The lowest BCUT2D eigenvalue weighted by Gasteiger charge is -2.22. The monoisotopic (exact) mass is 252 g/mol. The van der Waals surface area contributed by atoms with Gasteiger partial charge in [-0.1, -0.05) is 13.8 Å². The van der Waals surface area contributed by atoms with Gasteiger partial charge in [-0.25, -0.2) is 4.79 Å². The Morgan fingerprint density at radius 2 is 1.89 bits per heavy atom. The summed E-state index contributed by atoms with van der Waals surface area (Å²) in [5.41, 5.74) is 0.149. The van der Waals surface area contributed by atoms with E-state index in [1.807, 2.05) is 13.8 Å². The van der Waals surface area contributed by atoms with Crippen molar-refractivity contribution in [3.05, 3.63) is 24.0 Å². The molecule has 1 aromatic heterocycles. The number of carboxylic acids is 1. The Balaban J connectivity index is 2.72. The largest absolute Gasteiger partial charge is 0.477 e. The van der Waals surface area contributed by atoms with Crippen molar-refractivity contribution in [2.24, 2.45) is 0 Å². The van der Waals surface area contributed by atoms with Crippen LogP contribution in [0.2, 0.25) is 0 Å². The summed E-state index contributed by atoms with van der Waals surface area (Å²) in [5.74, 6) is -1.04. The number of hydrogen-bond acceptors (Lipinski definition) is 2. The summed E-state index contributed by atoms with van der Waals surface area (Å²) in [5, 5.41) is 8.97. The van der Waals surface area contributed by atoms with Crippen molar-refractivity contribution in [2.45, 2.75) is 33.2 Å². The quantitative estimate of drug-likeness (QED) is 0.805. The maximum Gasteiger partial charge on any atom is 0.352 e. The van der Waals surface area contributed by atoms with E-state index in [1.54, 1.807) is 17.2 Å². The topological polar surface area (TPSA) is 62.5 Å². The summed E-state index contributed by atoms with van der Waals surface area (Å²) >= 11 is 0. The van der Waals surface area contributed by atoms with Crippen molar-refractivity contribution in [1.29, 1.82) is 0 Å². The molecule has 0 aliphatic carbocycles. The van der Waals surface area contributed by atoms with Gasteiger partial charge < -0.3 is 14.6 Å². The van der Waals surface area contributed by atoms with E-state index < -0.39 is 5.97 Å². The van der Waals surface area contributed by atoms with Crippen LogP contribution in [0.15, 0.2) is 18.3 Å². The van der Waals surface area contributed by atoms with E-state index in [0.29, 0.717) is 0 Å². The zero-order valence-corrected chi connectivity index (χ0v) is 10.9. The molecule has 0 unspecified atom stereocenters. The average Bonchev–Trinajstić information content (AvgIpc) is 2.77. The van der Waals surface area contributed by atoms with Gasteiger partial charge in [0.25, 0.3) is 0 Å². The molecule has 0 aliphatic heterocycles. The SMILES string of the molecule is CCCN(CCC)C(=O)Cn1cccc1C(=O)O. The number of carboxylic acid groups (broad SMARTS) is 1. The minimum atomic E-state index is -1.01. The minimum absolute atomic E-state index is 0.0302. The van der Waals surface area contributed by atoms with E-state index in [9.17, 15) is 9.59 Å². The summed E-state index contributed by atoms with van der Waals surface area (Å²) in [7, 11) is 0. The first-order chi connectivity index (χ1) is 8.60. The van der Waals surface area contributed by atoms with Gasteiger partial charge in [0, 0.05) is 19.3 Å². The van der Waals surface area contributed by atoms with Crippen LogP contribution in [0, 0.1) is 0 Å². The van der Waals surface area contributed by atoms with Gasteiger partial charge in [-0.15, -0.1) is 0 Å². The minimum Gasteiger partial charge on any atom is -0.477 e. The standard InChI is InChI=1S/C13H20N2O3/c1-3-7-14(8-4-2)12(16)10-15-9-5-6-11(15)13(17)18/h5-6,9H,3-4,7-8,10H2,1-2H3,(H,17,18). The van der Waals surface area contributed by atoms with Gasteiger partial charge in [0.15, 0.2) is 0 Å². The number of amides is 1. The molecule has 5 heteroatoms. The van der Waals surface area contributed by atoms with Crippen molar-refractivity contribution >= 4 is 11.9 Å². The molecule has 0 bridgehead atoms. The van der Waals surface area contributed by atoms with Crippen molar-refractivity contribution < 1.29 is 14.7 Å². The van der Waals surface area contributed by atoms with Gasteiger partial charge in [-0.3, -0.25) is 4.79 Å². The molecule has 1 amide bonds. The molecule has 1 rings (SSSR count). The fourth-order valence-electron chi connectivity index (χ4n) is 1.89. The Kier molecular flexibility index (Phi) is 5.42.